The molecule has 9 atom stereocenters. The third kappa shape index (κ3) is 31.5. The molecule has 1 aromatic heterocycles. The van der Waals surface area contributed by atoms with Crippen molar-refractivity contribution >= 4 is 123 Å². The summed E-state index contributed by atoms with van der Waals surface area (Å²) in [6.07, 6.45) is 11.7. The number of aromatic hydroxyl groups is 1. The van der Waals surface area contributed by atoms with Crippen molar-refractivity contribution in [3.05, 3.63) is 105 Å². The van der Waals surface area contributed by atoms with Crippen LogP contribution in [0.4, 0.5) is 17.1 Å². The maximum absolute atomic E-state index is 14.5. The smallest absolute Gasteiger partial charge is 0.373 e. The minimum absolute atomic E-state index is 0.0163. The van der Waals surface area contributed by atoms with Gasteiger partial charge in [-0.25, -0.2) is 4.98 Å². The maximum atomic E-state index is 14.5. The topological polar surface area (TPSA) is 376 Å². The largest absolute Gasteiger partial charge is 0.506 e. The summed E-state index contributed by atoms with van der Waals surface area (Å²) in [4.78, 5) is 171. The molecule has 3 saturated heterocycles. The zero-order valence-electron chi connectivity index (χ0n) is 76.3. The lowest BCUT2D eigenvalue weighted by atomic mass is 9.83. The van der Waals surface area contributed by atoms with E-state index >= 15 is 0 Å². The van der Waals surface area contributed by atoms with Gasteiger partial charge in [0.05, 0.1) is 125 Å². The number of phenols is 1. The van der Waals surface area contributed by atoms with Gasteiger partial charge < -0.3 is 78.6 Å². The van der Waals surface area contributed by atoms with Crippen LogP contribution in [-0.4, -0.2) is 274 Å². The van der Waals surface area contributed by atoms with Crippen molar-refractivity contribution in [1.82, 2.24) is 35.2 Å². The van der Waals surface area contributed by atoms with Gasteiger partial charge in [0.2, 0.25) is 23.6 Å². The number of aryl methyl sites for hydroxylation is 1. The van der Waals surface area contributed by atoms with Crippen LogP contribution in [0.25, 0.3) is 0 Å². The number of benzene rings is 3. The van der Waals surface area contributed by atoms with Crippen LogP contribution in [0.3, 0.4) is 0 Å². The van der Waals surface area contributed by atoms with Gasteiger partial charge in [-0.3, -0.25) is 57.8 Å². The monoisotopic (exact) mass is 1830 g/mol. The van der Waals surface area contributed by atoms with E-state index in [9.17, 15) is 53.1 Å². The Morgan fingerprint density at radius 2 is 1.45 bits per heavy atom. The number of Topliss-reactive ketones (excluding diaryl/α,β-unsaturated/α-hetero) is 2. The molecule has 31 nitrogen and oxygen atoms in total. The van der Waals surface area contributed by atoms with E-state index in [-0.39, 0.29) is 179 Å². The van der Waals surface area contributed by atoms with Gasteiger partial charge in [0.1, 0.15) is 33.2 Å². The van der Waals surface area contributed by atoms with Gasteiger partial charge in [0, 0.05) is 126 Å². The lowest BCUT2D eigenvalue weighted by Crippen LogP contribution is -2.48. The molecule has 3 aromatic carbocycles. The summed E-state index contributed by atoms with van der Waals surface area (Å²) < 4.78 is 47.2. The number of nitrogens with zero attached hydrogens (tertiary/aromatic N) is 7. The van der Waals surface area contributed by atoms with Gasteiger partial charge >= 0.3 is 12.1 Å². The summed E-state index contributed by atoms with van der Waals surface area (Å²) in [6, 6.07) is 10.9. The number of nitrogens with one attached hydrogen (secondary N) is 3. The van der Waals surface area contributed by atoms with Crippen molar-refractivity contribution in [2.24, 2.45) is 22.7 Å². The summed E-state index contributed by atoms with van der Waals surface area (Å²) in [5, 5.41) is 20.6. The zero-order valence-corrected chi connectivity index (χ0v) is 78.8. The van der Waals surface area contributed by atoms with Gasteiger partial charge in [-0.05, 0) is 138 Å². The van der Waals surface area contributed by atoms with Crippen molar-refractivity contribution < 1.29 is 101 Å². The highest BCUT2D eigenvalue weighted by Crippen LogP contribution is 2.41. The van der Waals surface area contributed by atoms with Crippen LogP contribution in [-0.2, 0) is 73.3 Å². The van der Waals surface area contributed by atoms with Crippen molar-refractivity contribution in [1.29, 1.82) is 0 Å². The number of methoxy groups -OCH3 is 1. The number of esters is 1. The number of thiazole rings is 1. The molecule has 5 aliphatic rings. The Hall–Kier alpha value is -9.38. The number of aliphatic imine (C=N–C) groups is 1. The molecule has 6 heterocycles. The van der Waals surface area contributed by atoms with E-state index in [0.717, 1.165) is 85.3 Å². The number of unbranched alkanes of at least 4 members (excludes halogenated alkanes) is 2. The minimum atomic E-state index is -0.860. The maximum Gasteiger partial charge on any atom is 0.373 e. The number of hydrogen-bond acceptors (Lipinski definition) is 27. The van der Waals surface area contributed by atoms with Crippen LogP contribution in [0.15, 0.2) is 77.1 Å². The van der Waals surface area contributed by atoms with Crippen LogP contribution in [0.5, 0.6) is 23.0 Å². The predicted molar refractivity (Wildman–Crippen MR) is 493 cm³/mol. The first-order valence-electron chi connectivity index (χ1n) is 44.7. The van der Waals surface area contributed by atoms with Gasteiger partial charge in [-0.1, -0.05) is 84.3 Å². The Bertz CT molecular complexity index is 4500. The average Bonchev–Trinajstić information content (AvgIpc) is 1.51. The van der Waals surface area contributed by atoms with Crippen molar-refractivity contribution in [3.63, 3.8) is 0 Å². The summed E-state index contributed by atoms with van der Waals surface area (Å²) in [5.74, 6) is 0.0599. The molecule has 4 N–H and O–H groups in total. The zero-order chi connectivity index (χ0) is 92.9. The SMILES string of the molecule is C=C1CCCN(C(=O)CCOCCOCCCC(=O)C2SCCSC2C(=O)NCCOCCOCCC(=O)Nc2cc(C[C@H](CCC)NC(=O)c3csc([C@@H](C[C@H](C(C)C)N(C)C(=O)[C@@H](CC(=O)[C@H]4CCCCN4C)[C@@H](C)CC)OC(C)=O)n3)ccc2O)c2cc(OCCCCCOc3cc4c(cc3OC)C(=O)N3CC(=C)C[C@H]3C=N4)c(C)cc2C(=O)N(C)C1.O=C=O. The number of aromatic nitrogens is 1. The summed E-state index contributed by atoms with van der Waals surface area (Å²) in [7, 11) is 7.01. The molecule has 7 amide bonds. The second-order valence-electron chi connectivity index (χ2n) is 33.6. The number of likely N-dealkylation sites (N-methyl/N-ethyl adjacent to an activating group) is 2. The van der Waals surface area contributed by atoms with Crippen LogP contribution in [0, 0.1) is 24.7 Å². The van der Waals surface area contributed by atoms with Gasteiger partial charge in [0.15, 0.2) is 23.4 Å². The number of amides is 7. The third-order valence-electron chi connectivity index (χ3n) is 23.5. The lowest BCUT2D eigenvalue weighted by Gasteiger charge is -2.37. The molecule has 128 heavy (non-hydrogen) atoms. The Kier molecular flexibility index (Phi) is 43.6. The second kappa shape index (κ2) is 53.7. The standard InChI is InChI=1S/C93H132N10O19S3.CO2/c1-14-23-66(96-88(110)73-58-125-90(98-73)83(122-64(9)104)53-75(59(3)4)101(12)92(113)68(62(7)15-2)50-79(107)74-25-17-18-32-99(74)10)48-65-27-28-77(105)72(49-65)97-84(108)29-37-117-42-43-119-39-31-94-89(111)87-86(123-44-45-124-87)78(106)26-22-34-116-40-41-118-38-30-85(109)102-33-21-24-60(5)56-100(11)91(112)70-47-63(8)80(54-76(70)102)120-35-19-16-20-36-121-82-52-71-69(51-81(82)115-13)93(114)103-57-61(6)46-67(103)55-95-71;2-1-3/h27-28,47,49,51-52,54-55,58-59,62,66-68,74-75,83,86-87,105H,5-6,14-26,29-46,48,50,53,56-57H2,1-4,7-13H3,(H,94,111)(H,96,110)(H,97,108);/t62-,66-,67-,68-,74+,75+,83+,86?,87?;/m0./s1. The number of carbonyl (C=O) groups is 10. The highest BCUT2D eigenvalue weighted by atomic mass is 32.2. The number of ether oxygens (including phenoxy) is 8. The molecule has 3 fully saturated rings. The molecule has 34 heteroatoms. The van der Waals surface area contributed by atoms with Gasteiger partial charge in [-0.15, -0.1) is 34.9 Å². The third-order valence-corrected chi connectivity index (χ3v) is 27.4. The Labute approximate surface area is 765 Å². The van der Waals surface area contributed by atoms with E-state index in [2.05, 4.69) is 39.0 Å². The molecule has 9 rings (SSSR count). The number of anilines is 2. The lowest BCUT2D eigenvalue weighted by molar-refractivity contribution is -0.192. The Balaban J connectivity index is 0.00000665. The molecule has 4 aromatic rings. The van der Waals surface area contributed by atoms with E-state index in [1.165, 1.54) is 47.9 Å². The van der Waals surface area contributed by atoms with E-state index in [0.29, 0.717) is 129 Å². The normalized spacial score (nSPS) is 18.3. The number of piperidine rings is 1. The molecule has 0 aliphatic carbocycles. The van der Waals surface area contributed by atoms with Crippen molar-refractivity contribution in [3.8, 4) is 23.0 Å². The van der Waals surface area contributed by atoms with Gasteiger partial charge in [-0.2, -0.15) is 9.59 Å². The van der Waals surface area contributed by atoms with E-state index in [4.69, 9.17) is 52.5 Å². The minimum Gasteiger partial charge on any atom is -0.506 e. The number of likely N-dealkylation sites (tertiary alicyclic amines) is 1. The fourth-order valence-electron chi connectivity index (χ4n) is 16.3. The second-order valence-corrected chi connectivity index (χ2v) is 37.0. The molecule has 0 radical (unpaired) electrons. The number of fused-ring (bicyclic) bond motifs is 3. The number of thioether (sulfide) groups is 2. The molecule has 2 unspecified atom stereocenters. The fraction of sp³-hybridized carbons (Fsp3) is 0.606. The number of ketones is 2. The molecule has 0 bridgehead atoms. The Morgan fingerprint density at radius 1 is 0.750 bits per heavy atom. The molecule has 702 valence electrons. The van der Waals surface area contributed by atoms with Crippen molar-refractivity contribution in [2.75, 3.05) is 149 Å². The first-order chi connectivity index (χ1) is 61.5. The number of phenolic OH excluding ortho intramolecular Hbond substituents is 1. The molecular weight excluding hydrogens is 1700 g/mol. The van der Waals surface area contributed by atoms with Crippen LogP contribution >= 0.6 is 34.9 Å². The van der Waals surface area contributed by atoms with Crippen LogP contribution in [0.2, 0.25) is 0 Å². The summed E-state index contributed by atoms with van der Waals surface area (Å²) in [5.41, 5.74) is 5.61. The first-order valence-corrected chi connectivity index (χ1v) is 47.7. The number of hydrogen-bond donors (Lipinski definition) is 4. The van der Waals surface area contributed by atoms with Gasteiger partial charge in [0.25, 0.3) is 17.7 Å². The summed E-state index contributed by atoms with van der Waals surface area (Å²) >= 11 is 4.15. The highest BCUT2D eigenvalue weighted by Gasteiger charge is 2.41. The average molecular weight is 1830 g/mol. The molecule has 0 spiro atoms. The quantitative estimate of drug-likeness (QED) is 0.0138. The van der Waals surface area contributed by atoms with E-state index < -0.39 is 46.3 Å². The summed E-state index contributed by atoms with van der Waals surface area (Å²) in [6.45, 7) is 26.2. The van der Waals surface area contributed by atoms with Crippen molar-refractivity contribution in [2.45, 2.75) is 211 Å². The van der Waals surface area contributed by atoms with E-state index in [1.807, 2.05) is 48.6 Å². The van der Waals surface area contributed by atoms with Crippen LogP contribution in [0.1, 0.15) is 211 Å². The molecule has 0 saturated carbocycles. The van der Waals surface area contributed by atoms with Crippen LogP contribution < -0.4 is 35.1 Å². The van der Waals surface area contributed by atoms with E-state index in [1.54, 1.807) is 88.8 Å². The predicted octanol–water partition coefficient (Wildman–Crippen LogP) is 12.3. The molecule has 5 aliphatic heterocycles. The fourth-order valence-corrected chi connectivity index (χ4v) is 20.1. The number of rotatable bonds is 49. The first kappa shape index (κ1) is 104. The number of carbonyl (C=O) groups excluding carboxylic acids is 12. The highest BCUT2D eigenvalue weighted by molar-refractivity contribution is 8.08. The molecular formula is C94H132N10O21S3. The Morgan fingerprint density at radius 3 is 2.13 bits per heavy atom.